The van der Waals surface area contributed by atoms with Crippen LogP contribution >= 0.6 is 0 Å². The Kier molecular flexibility index (Phi) is 6.17. The zero-order chi connectivity index (χ0) is 21.9. The highest BCUT2D eigenvalue weighted by molar-refractivity contribution is 5.17. The van der Waals surface area contributed by atoms with Gasteiger partial charge in [0, 0.05) is 11.8 Å². The van der Waals surface area contributed by atoms with Crippen LogP contribution in [0.1, 0.15) is 105 Å². The average Bonchev–Trinajstić information content (AvgIpc) is 3.01. The van der Waals surface area contributed by atoms with Crippen molar-refractivity contribution in [1.29, 1.82) is 0 Å². The van der Waals surface area contributed by atoms with Gasteiger partial charge >= 0.3 is 0 Å². The fraction of sp³-hybridized carbons (Fsp3) is 1.00. The molecule has 4 aliphatic carbocycles. The van der Waals surface area contributed by atoms with E-state index < -0.39 is 17.8 Å². The number of hydrogen-bond acceptors (Lipinski definition) is 3. The van der Waals surface area contributed by atoms with Crippen LogP contribution < -0.4 is 0 Å². The second-order valence-corrected chi connectivity index (χ2v) is 12.9. The summed E-state index contributed by atoms with van der Waals surface area (Å²) in [6, 6.07) is 0. The van der Waals surface area contributed by atoms with Crippen molar-refractivity contribution >= 4 is 0 Å². The summed E-state index contributed by atoms with van der Waals surface area (Å²) in [6.07, 6.45) is 10.7. The second kappa shape index (κ2) is 8.03. The maximum Gasteiger partial charge on any atom is 0.0985 e. The van der Waals surface area contributed by atoms with Crippen LogP contribution in [0.4, 0.5) is 0 Å². The topological polar surface area (TPSA) is 60.7 Å². The molecule has 0 aromatic rings. The Morgan fingerprint density at radius 1 is 0.900 bits per heavy atom. The predicted octanol–water partition coefficient (Wildman–Crippen LogP) is 5.55. The van der Waals surface area contributed by atoms with Crippen LogP contribution in [0.25, 0.3) is 0 Å². The lowest BCUT2D eigenvalue weighted by molar-refractivity contribution is -0.264. The molecule has 4 aliphatic rings. The van der Waals surface area contributed by atoms with Gasteiger partial charge in [0.2, 0.25) is 0 Å². The Morgan fingerprint density at radius 2 is 1.63 bits per heavy atom. The molecule has 3 N–H and O–H groups in total. The summed E-state index contributed by atoms with van der Waals surface area (Å²) >= 11 is 0. The molecule has 4 rings (SSSR count). The summed E-state index contributed by atoms with van der Waals surface area (Å²) in [7, 11) is 0. The van der Waals surface area contributed by atoms with E-state index in [9.17, 15) is 15.3 Å². The summed E-state index contributed by atoms with van der Waals surface area (Å²) in [5.41, 5.74) is -0.962. The quantitative estimate of drug-likeness (QED) is 0.546. The van der Waals surface area contributed by atoms with E-state index in [4.69, 9.17) is 0 Å². The van der Waals surface area contributed by atoms with E-state index in [1.165, 1.54) is 44.9 Å². The van der Waals surface area contributed by atoms with Crippen molar-refractivity contribution in [3.05, 3.63) is 0 Å². The maximum atomic E-state index is 11.6. The third-order valence-electron chi connectivity index (χ3n) is 11.0. The molecule has 9 unspecified atom stereocenters. The predicted molar refractivity (Wildman–Crippen MR) is 122 cm³/mol. The Balaban J connectivity index is 1.53. The number of aliphatic hydroxyl groups excluding tert-OH is 2. The normalized spacial score (nSPS) is 51.9. The van der Waals surface area contributed by atoms with E-state index in [1.54, 1.807) is 0 Å². The second-order valence-electron chi connectivity index (χ2n) is 12.9. The fourth-order valence-electron chi connectivity index (χ4n) is 9.29. The van der Waals surface area contributed by atoms with Crippen LogP contribution in [0.15, 0.2) is 0 Å². The molecule has 4 saturated carbocycles. The molecule has 3 heteroatoms. The largest absolute Gasteiger partial charge is 0.393 e. The van der Waals surface area contributed by atoms with E-state index in [2.05, 4.69) is 34.6 Å². The van der Waals surface area contributed by atoms with Gasteiger partial charge in [-0.05, 0) is 85.9 Å². The summed E-state index contributed by atoms with van der Waals surface area (Å²) in [6.45, 7) is 12.0. The molecule has 174 valence electrons. The minimum Gasteiger partial charge on any atom is -0.393 e. The van der Waals surface area contributed by atoms with Gasteiger partial charge in [0.05, 0.1) is 17.8 Å². The molecule has 0 aromatic heterocycles. The van der Waals surface area contributed by atoms with Crippen molar-refractivity contribution in [2.45, 2.75) is 123 Å². The zero-order valence-corrected chi connectivity index (χ0v) is 20.2. The monoisotopic (exact) mass is 420 g/mol. The van der Waals surface area contributed by atoms with Crippen LogP contribution in [-0.4, -0.2) is 33.1 Å². The van der Waals surface area contributed by atoms with Crippen molar-refractivity contribution in [2.75, 3.05) is 0 Å². The van der Waals surface area contributed by atoms with Gasteiger partial charge in [0.15, 0.2) is 0 Å². The third-order valence-corrected chi connectivity index (χ3v) is 11.0. The van der Waals surface area contributed by atoms with Crippen LogP contribution in [-0.2, 0) is 0 Å². The molecule has 0 spiro atoms. The van der Waals surface area contributed by atoms with Crippen LogP contribution in [0, 0.1) is 46.3 Å². The van der Waals surface area contributed by atoms with Gasteiger partial charge < -0.3 is 15.3 Å². The molecule has 4 fully saturated rings. The van der Waals surface area contributed by atoms with Gasteiger partial charge in [-0.2, -0.15) is 0 Å². The van der Waals surface area contributed by atoms with Crippen molar-refractivity contribution in [3.63, 3.8) is 0 Å². The summed E-state index contributed by atoms with van der Waals surface area (Å²) in [5, 5.41) is 33.0. The van der Waals surface area contributed by atoms with Crippen LogP contribution in [0.3, 0.4) is 0 Å². The standard InChI is InChI=1S/C27H48O3/c1-17(2)7-6-8-18(3)21-9-10-22-20-15-24(29)27(30)16-19(28)11-14-26(27,5)23(20)12-13-25(21,22)4/h17-24,28-30H,6-16H2,1-5H3/t18?,19?,20?,21?,22?,23?,24?,25?,26?,27-/m0/s1. The lowest BCUT2D eigenvalue weighted by Crippen LogP contribution is -2.68. The number of aliphatic hydroxyl groups is 3. The fourth-order valence-corrected chi connectivity index (χ4v) is 9.29. The molecule has 30 heavy (non-hydrogen) atoms. The lowest BCUT2D eigenvalue weighted by atomic mass is 9.42. The Labute approximate surface area is 185 Å². The van der Waals surface area contributed by atoms with Crippen molar-refractivity contribution in [1.82, 2.24) is 0 Å². The smallest absolute Gasteiger partial charge is 0.0985 e. The molecule has 0 radical (unpaired) electrons. The average molecular weight is 421 g/mol. The summed E-state index contributed by atoms with van der Waals surface area (Å²) in [4.78, 5) is 0. The third kappa shape index (κ3) is 3.41. The van der Waals surface area contributed by atoms with Crippen molar-refractivity contribution in [3.8, 4) is 0 Å². The Morgan fingerprint density at radius 3 is 2.33 bits per heavy atom. The Bertz CT molecular complexity index is 619. The number of fused-ring (bicyclic) bond motifs is 5. The molecule has 0 bridgehead atoms. The number of rotatable bonds is 5. The van der Waals surface area contributed by atoms with E-state index in [0.717, 1.165) is 37.0 Å². The van der Waals surface area contributed by atoms with E-state index >= 15 is 0 Å². The molecule has 0 amide bonds. The SMILES string of the molecule is CC(C)CCCC(C)C1CCC2C3CC(O)[C@@]4(O)CC(O)CCC4(C)C3CCC12C. The maximum absolute atomic E-state index is 11.6. The van der Waals surface area contributed by atoms with Gasteiger partial charge in [-0.3, -0.25) is 0 Å². The zero-order valence-electron chi connectivity index (χ0n) is 20.2. The summed E-state index contributed by atoms with van der Waals surface area (Å²) in [5.74, 6) is 4.13. The van der Waals surface area contributed by atoms with Crippen LogP contribution in [0.2, 0.25) is 0 Å². The summed E-state index contributed by atoms with van der Waals surface area (Å²) < 4.78 is 0. The van der Waals surface area contributed by atoms with Gasteiger partial charge in [-0.15, -0.1) is 0 Å². The van der Waals surface area contributed by atoms with Crippen molar-refractivity contribution < 1.29 is 15.3 Å². The molecule has 0 aliphatic heterocycles. The minimum absolute atomic E-state index is 0.253. The molecule has 0 heterocycles. The molecule has 10 atom stereocenters. The first-order chi connectivity index (χ1) is 14.0. The van der Waals surface area contributed by atoms with E-state index in [-0.39, 0.29) is 5.41 Å². The molecular weight excluding hydrogens is 372 g/mol. The molecular formula is C27H48O3. The van der Waals surface area contributed by atoms with Gasteiger partial charge in [0.1, 0.15) is 0 Å². The molecule has 0 aromatic carbocycles. The highest BCUT2D eigenvalue weighted by Crippen LogP contribution is 2.69. The highest BCUT2D eigenvalue weighted by atomic mass is 16.3. The first-order valence-corrected chi connectivity index (χ1v) is 13.1. The molecule has 0 saturated heterocycles. The Hall–Kier alpha value is -0.120. The van der Waals surface area contributed by atoms with Crippen LogP contribution in [0.5, 0.6) is 0 Å². The first-order valence-electron chi connectivity index (χ1n) is 13.1. The van der Waals surface area contributed by atoms with Gasteiger partial charge in [0.25, 0.3) is 0 Å². The molecule has 3 nitrogen and oxygen atoms in total. The van der Waals surface area contributed by atoms with Crippen molar-refractivity contribution in [2.24, 2.45) is 46.3 Å². The van der Waals surface area contributed by atoms with E-state index in [1.807, 2.05) is 0 Å². The van der Waals surface area contributed by atoms with E-state index in [0.29, 0.717) is 29.6 Å². The number of hydrogen-bond donors (Lipinski definition) is 3. The highest BCUT2D eigenvalue weighted by Gasteiger charge is 2.67. The first kappa shape index (κ1) is 23.1. The lowest BCUT2D eigenvalue weighted by Gasteiger charge is -2.65. The van der Waals surface area contributed by atoms with Gasteiger partial charge in [-0.25, -0.2) is 0 Å². The van der Waals surface area contributed by atoms with Gasteiger partial charge in [-0.1, -0.05) is 53.9 Å². The minimum atomic E-state index is -1.11.